The molecule has 0 fully saturated rings. The first-order valence-electron chi connectivity index (χ1n) is 6.37. The van der Waals surface area contributed by atoms with Crippen LogP contribution in [0.3, 0.4) is 0 Å². The fraction of sp³-hybridized carbons (Fsp3) is 0.308. The van der Waals surface area contributed by atoms with Gasteiger partial charge in [0.05, 0.1) is 12.1 Å². The fourth-order valence-electron chi connectivity index (χ4n) is 2.09. The smallest absolute Gasteiger partial charge is 0.256 e. The van der Waals surface area contributed by atoms with E-state index < -0.39 is 0 Å². The first kappa shape index (κ1) is 13.2. The number of amides is 1. The molecule has 8 nitrogen and oxygen atoms in total. The van der Waals surface area contributed by atoms with Gasteiger partial charge < -0.3 is 20.1 Å². The number of anilines is 1. The summed E-state index contributed by atoms with van der Waals surface area (Å²) in [6, 6.07) is 3.19. The van der Waals surface area contributed by atoms with Gasteiger partial charge in [0.1, 0.15) is 5.82 Å². The van der Waals surface area contributed by atoms with Gasteiger partial charge in [-0.05, 0) is 13.0 Å². The zero-order chi connectivity index (χ0) is 15.0. The number of nitrogens with one attached hydrogen (secondary N) is 1. The lowest BCUT2D eigenvalue weighted by Crippen LogP contribution is -2.27. The molecule has 2 aromatic rings. The molecule has 1 aliphatic heterocycles. The molecule has 3 rings (SSSR count). The Morgan fingerprint density at radius 2 is 2.14 bits per heavy atom. The minimum Gasteiger partial charge on any atom is -0.454 e. The molecule has 0 unspecified atom stereocenters. The number of ether oxygens (including phenoxy) is 2. The Balaban J connectivity index is 1.81. The highest BCUT2D eigenvalue weighted by Crippen LogP contribution is 2.36. The summed E-state index contributed by atoms with van der Waals surface area (Å²) < 4.78 is 10.5. The third-order valence-electron chi connectivity index (χ3n) is 3.14. The zero-order valence-electron chi connectivity index (χ0n) is 11.7. The van der Waals surface area contributed by atoms with Crippen molar-refractivity contribution < 1.29 is 14.3 Å². The Morgan fingerprint density at radius 1 is 1.43 bits per heavy atom. The Bertz CT molecular complexity index is 697. The summed E-state index contributed by atoms with van der Waals surface area (Å²) in [5, 5.41) is 6.74. The lowest BCUT2D eigenvalue weighted by molar-refractivity contribution is 0.0782. The molecule has 110 valence electrons. The standard InChI is InChI=1S/C13H15N5O3/c1-7-15-12(17-16-7)5-18(2)13(19)8-3-10-11(4-9(8)14)21-6-20-10/h3-4H,5-6,14H2,1-2H3,(H,15,16,17). The summed E-state index contributed by atoms with van der Waals surface area (Å²) in [5.74, 6) is 2.09. The molecule has 1 aliphatic rings. The number of nitrogens with zero attached hydrogens (tertiary/aromatic N) is 3. The Hall–Kier alpha value is -2.77. The summed E-state index contributed by atoms with van der Waals surface area (Å²) >= 11 is 0. The number of nitrogens with two attached hydrogens (primary N) is 1. The molecule has 0 aliphatic carbocycles. The number of aryl methyl sites for hydroxylation is 1. The third kappa shape index (κ3) is 2.47. The second-order valence-corrected chi connectivity index (χ2v) is 4.79. The van der Waals surface area contributed by atoms with E-state index in [-0.39, 0.29) is 19.2 Å². The van der Waals surface area contributed by atoms with E-state index in [0.29, 0.717) is 34.4 Å². The van der Waals surface area contributed by atoms with Gasteiger partial charge in [0.25, 0.3) is 5.91 Å². The van der Waals surface area contributed by atoms with Crippen molar-refractivity contribution >= 4 is 11.6 Å². The van der Waals surface area contributed by atoms with Gasteiger partial charge in [0, 0.05) is 18.8 Å². The predicted octanol–water partition coefficient (Wildman–Crippen LogP) is 0.696. The van der Waals surface area contributed by atoms with Gasteiger partial charge in [-0.2, -0.15) is 5.10 Å². The average molecular weight is 289 g/mol. The molecule has 0 atom stereocenters. The number of nitrogen functional groups attached to an aromatic ring is 1. The first-order chi connectivity index (χ1) is 10.0. The van der Waals surface area contributed by atoms with Gasteiger partial charge in [0.2, 0.25) is 6.79 Å². The summed E-state index contributed by atoms with van der Waals surface area (Å²) in [5.41, 5.74) is 6.63. The van der Waals surface area contributed by atoms with Crippen LogP contribution in [0.5, 0.6) is 11.5 Å². The van der Waals surface area contributed by atoms with Crippen molar-refractivity contribution in [1.82, 2.24) is 20.1 Å². The van der Waals surface area contributed by atoms with Crippen molar-refractivity contribution in [2.75, 3.05) is 19.6 Å². The SMILES string of the molecule is Cc1nc(CN(C)C(=O)c2cc3c(cc2N)OCO3)n[nH]1. The highest BCUT2D eigenvalue weighted by molar-refractivity contribution is 5.99. The number of fused-ring (bicyclic) bond motifs is 1. The Kier molecular flexibility index (Phi) is 3.13. The predicted molar refractivity (Wildman–Crippen MR) is 73.9 cm³/mol. The van der Waals surface area contributed by atoms with Crippen LogP contribution < -0.4 is 15.2 Å². The monoisotopic (exact) mass is 289 g/mol. The van der Waals surface area contributed by atoms with Gasteiger partial charge in [0.15, 0.2) is 17.3 Å². The largest absolute Gasteiger partial charge is 0.454 e. The maximum atomic E-state index is 12.5. The lowest BCUT2D eigenvalue weighted by atomic mass is 10.1. The quantitative estimate of drug-likeness (QED) is 0.805. The van der Waals surface area contributed by atoms with E-state index in [4.69, 9.17) is 15.2 Å². The molecule has 1 aromatic heterocycles. The van der Waals surface area contributed by atoms with Crippen LogP contribution in [0, 0.1) is 6.92 Å². The van der Waals surface area contributed by atoms with Crippen LogP contribution in [-0.2, 0) is 6.54 Å². The van der Waals surface area contributed by atoms with Gasteiger partial charge in [-0.1, -0.05) is 0 Å². The maximum Gasteiger partial charge on any atom is 0.256 e. The van der Waals surface area contributed by atoms with Crippen molar-refractivity contribution in [3.05, 3.63) is 29.3 Å². The number of benzene rings is 1. The van der Waals surface area contributed by atoms with Crippen molar-refractivity contribution in [3.8, 4) is 11.5 Å². The minimum atomic E-state index is -0.228. The van der Waals surface area contributed by atoms with Crippen LogP contribution in [0.25, 0.3) is 0 Å². The van der Waals surface area contributed by atoms with Crippen LogP contribution in [-0.4, -0.2) is 39.8 Å². The second-order valence-electron chi connectivity index (χ2n) is 4.79. The van der Waals surface area contributed by atoms with Gasteiger partial charge in [-0.3, -0.25) is 9.89 Å². The van der Waals surface area contributed by atoms with E-state index in [2.05, 4.69) is 15.2 Å². The Morgan fingerprint density at radius 3 is 2.81 bits per heavy atom. The molecule has 0 radical (unpaired) electrons. The van der Waals surface area contributed by atoms with Gasteiger partial charge in [-0.15, -0.1) is 0 Å². The molecule has 3 N–H and O–H groups in total. The number of aromatic nitrogens is 3. The van der Waals surface area contributed by atoms with Crippen molar-refractivity contribution in [1.29, 1.82) is 0 Å². The molecular formula is C13H15N5O3. The molecular weight excluding hydrogens is 274 g/mol. The van der Waals surface area contributed by atoms with E-state index in [1.807, 2.05) is 0 Å². The summed E-state index contributed by atoms with van der Waals surface area (Å²) in [4.78, 5) is 18.1. The highest BCUT2D eigenvalue weighted by atomic mass is 16.7. The maximum absolute atomic E-state index is 12.5. The molecule has 0 saturated carbocycles. The van der Waals surface area contributed by atoms with E-state index in [0.717, 1.165) is 0 Å². The number of aromatic amines is 1. The van der Waals surface area contributed by atoms with Gasteiger partial charge >= 0.3 is 0 Å². The zero-order valence-corrected chi connectivity index (χ0v) is 11.7. The van der Waals surface area contributed by atoms with Gasteiger partial charge in [-0.25, -0.2) is 4.98 Å². The molecule has 0 spiro atoms. The van der Waals surface area contributed by atoms with Crippen molar-refractivity contribution in [2.45, 2.75) is 13.5 Å². The topological polar surface area (TPSA) is 106 Å². The summed E-state index contributed by atoms with van der Waals surface area (Å²) in [6.07, 6.45) is 0. The molecule has 0 bridgehead atoms. The van der Waals surface area contributed by atoms with Crippen LogP contribution >= 0.6 is 0 Å². The summed E-state index contributed by atoms with van der Waals surface area (Å²) in [6.45, 7) is 2.23. The van der Waals surface area contributed by atoms with Crippen LogP contribution in [0.2, 0.25) is 0 Å². The number of hydrogen-bond acceptors (Lipinski definition) is 6. The molecule has 2 heterocycles. The van der Waals surface area contributed by atoms with E-state index in [1.165, 1.54) is 4.90 Å². The fourth-order valence-corrected chi connectivity index (χ4v) is 2.09. The minimum absolute atomic E-state index is 0.138. The van der Waals surface area contributed by atoms with E-state index >= 15 is 0 Å². The Labute approximate surface area is 120 Å². The number of H-pyrrole nitrogens is 1. The molecule has 21 heavy (non-hydrogen) atoms. The molecule has 0 saturated heterocycles. The van der Waals surface area contributed by atoms with E-state index in [1.54, 1.807) is 26.1 Å². The van der Waals surface area contributed by atoms with Crippen molar-refractivity contribution in [2.24, 2.45) is 0 Å². The molecule has 1 aromatic carbocycles. The number of carbonyl (C=O) groups excluding carboxylic acids is 1. The van der Waals surface area contributed by atoms with Crippen LogP contribution in [0.1, 0.15) is 22.0 Å². The molecule has 8 heteroatoms. The first-order valence-corrected chi connectivity index (χ1v) is 6.37. The highest BCUT2D eigenvalue weighted by Gasteiger charge is 2.22. The lowest BCUT2D eigenvalue weighted by Gasteiger charge is -2.16. The summed E-state index contributed by atoms with van der Waals surface area (Å²) in [7, 11) is 1.66. The normalized spacial score (nSPS) is 12.5. The van der Waals surface area contributed by atoms with Crippen molar-refractivity contribution in [3.63, 3.8) is 0 Å². The van der Waals surface area contributed by atoms with Crippen LogP contribution in [0.15, 0.2) is 12.1 Å². The second kappa shape index (κ2) is 4.97. The van der Waals surface area contributed by atoms with E-state index in [9.17, 15) is 4.79 Å². The van der Waals surface area contributed by atoms with Crippen LogP contribution in [0.4, 0.5) is 5.69 Å². The number of carbonyl (C=O) groups is 1. The third-order valence-corrected chi connectivity index (χ3v) is 3.14. The molecule has 1 amide bonds. The average Bonchev–Trinajstić information content (AvgIpc) is 3.05. The number of hydrogen-bond donors (Lipinski definition) is 2. The number of rotatable bonds is 3.